The average molecular weight is 331 g/mol. The molecule has 0 radical (unpaired) electrons. The third kappa shape index (κ3) is 3.47. The molecule has 0 bridgehead atoms. The first-order valence-electron chi connectivity index (χ1n) is 8.06. The van der Waals surface area contributed by atoms with Crippen LogP contribution in [-0.4, -0.2) is 53.7 Å². The van der Waals surface area contributed by atoms with Crippen LogP contribution in [0.5, 0.6) is 0 Å². The molecule has 7 heteroatoms. The lowest BCUT2D eigenvalue weighted by Crippen LogP contribution is -2.42. The van der Waals surface area contributed by atoms with Crippen LogP contribution in [0.1, 0.15) is 29.5 Å². The van der Waals surface area contributed by atoms with Gasteiger partial charge in [0.2, 0.25) is 0 Å². The van der Waals surface area contributed by atoms with Gasteiger partial charge in [0.25, 0.3) is 5.56 Å². The van der Waals surface area contributed by atoms with E-state index in [0.29, 0.717) is 35.4 Å². The highest BCUT2D eigenvalue weighted by molar-refractivity contribution is 5.93. The number of carbonyl (C=O) groups is 1. The van der Waals surface area contributed by atoms with Crippen molar-refractivity contribution in [2.45, 2.75) is 26.0 Å². The number of aromatic amines is 1. The van der Waals surface area contributed by atoms with Crippen molar-refractivity contribution in [1.82, 2.24) is 14.9 Å². The van der Waals surface area contributed by atoms with Gasteiger partial charge in [0.05, 0.1) is 42.8 Å². The maximum absolute atomic E-state index is 12.3. The second-order valence-corrected chi connectivity index (χ2v) is 5.87. The van der Waals surface area contributed by atoms with Crippen LogP contribution in [0, 0.1) is 0 Å². The third-order valence-corrected chi connectivity index (χ3v) is 4.23. The van der Waals surface area contributed by atoms with E-state index in [9.17, 15) is 9.59 Å². The lowest BCUT2D eigenvalue weighted by molar-refractivity contribution is -0.0331. The molecule has 2 heterocycles. The zero-order chi connectivity index (χ0) is 17.1. The molecular weight excluding hydrogens is 310 g/mol. The SMILES string of the molecule is CCC1CN(Cc2nc3cc(C(=O)OC)ccc3c(=O)[nH]2)CCO1. The molecule has 128 valence electrons. The molecule has 0 spiro atoms. The average Bonchev–Trinajstić information content (AvgIpc) is 2.60. The molecule has 0 aliphatic carbocycles. The Morgan fingerprint density at radius 3 is 3.08 bits per heavy atom. The van der Waals surface area contributed by atoms with Crippen molar-refractivity contribution in [3.63, 3.8) is 0 Å². The first kappa shape index (κ1) is 16.6. The van der Waals surface area contributed by atoms with Crippen molar-refractivity contribution >= 4 is 16.9 Å². The lowest BCUT2D eigenvalue weighted by atomic mass is 10.1. The molecule has 1 saturated heterocycles. The van der Waals surface area contributed by atoms with E-state index in [1.807, 2.05) is 0 Å². The number of methoxy groups -OCH3 is 1. The Morgan fingerprint density at radius 1 is 1.50 bits per heavy atom. The molecule has 1 aliphatic heterocycles. The fourth-order valence-corrected chi connectivity index (χ4v) is 2.89. The van der Waals surface area contributed by atoms with Gasteiger partial charge in [-0.05, 0) is 24.6 Å². The molecule has 1 atom stereocenters. The molecule has 0 amide bonds. The van der Waals surface area contributed by atoms with Crippen molar-refractivity contribution < 1.29 is 14.3 Å². The Balaban J connectivity index is 1.88. The molecular formula is C17H21N3O4. The summed E-state index contributed by atoms with van der Waals surface area (Å²) in [5, 5.41) is 0.458. The Kier molecular flexibility index (Phi) is 4.92. The molecule has 7 nitrogen and oxygen atoms in total. The van der Waals surface area contributed by atoms with E-state index < -0.39 is 5.97 Å². The van der Waals surface area contributed by atoms with Gasteiger partial charge in [-0.1, -0.05) is 6.92 Å². The summed E-state index contributed by atoms with van der Waals surface area (Å²) < 4.78 is 10.4. The van der Waals surface area contributed by atoms with E-state index in [-0.39, 0.29) is 11.7 Å². The van der Waals surface area contributed by atoms with Crippen molar-refractivity contribution in [2.24, 2.45) is 0 Å². The van der Waals surface area contributed by atoms with E-state index in [4.69, 9.17) is 9.47 Å². The van der Waals surface area contributed by atoms with Crippen LogP contribution in [0.15, 0.2) is 23.0 Å². The number of fused-ring (bicyclic) bond motifs is 1. The van der Waals surface area contributed by atoms with Crippen LogP contribution in [0.3, 0.4) is 0 Å². The number of hydrogen-bond donors (Lipinski definition) is 1. The van der Waals surface area contributed by atoms with Gasteiger partial charge in [0, 0.05) is 13.1 Å². The highest BCUT2D eigenvalue weighted by atomic mass is 16.5. The number of esters is 1. The molecule has 0 saturated carbocycles. The Labute approximate surface area is 139 Å². The number of nitrogens with one attached hydrogen (secondary N) is 1. The van der Waals surface area contributed by atoms with E-state index in [2.05, 4.69) is 21.8 Å². The van der Waals surface area contributed by atoms with Gasteiger partial charge in [-0.3, -0.25) is 9.69 Å². The first-order chi connectivity index (χ1) is 11.6. The van der Waals surface area contributed by atoms with Gasteiger partial charge >= 0.3 is 5.97 Å². The summed E-state index contributed by atoms with van der Waals surface area (Å²) in [6.45, 7) is 4.95. The Hall–Kier alpha value is -2.25. The Morgan fingerprint density at radius 2 is 2.33 bits per heavy atom. The van der Waals surface area contributed by atoms with E-state index in [1.54, 1.807) is 18.2 Å². The second kappa shape index (κ2) is 7.11. The van der Waals surface area contributed by atoms with Gasteiger partial charge in [0.1, 0.15) is 5.82 Å². The van der Waals surface area contributed by atoms with Crippen molar-refractivity contribution in [1.29, 1.82) is 0 Å². The standard InChI is InChI=1S/C17H21N3O4/c1-3-12-9-20(6-7-24-12)10-15-18-14-8-11(17(22)23-2)4-5-13(14)16(21)19-15/h4-5,8,12H,3,6-7,9-10H2,1-2H3,(H,18,19,21). The maximum Gasteiger partial charge on any atom is 0.337 e. The molecule has 3 rings (SSSR count). The number of morpholine rings is 1. The molecule has 1 aliphatic rings. The second-order valence-electron chi connectivity index (χ2n) is 5.87. The number of nitrogens with zero attached hydrogens (tertiary/aromatic N) is 2. The molecule has 1 fully saturated rings. The molecule has 2 aromatic rings. The minimum Gasteiger partial charge on any atom is -0.465 e. The molecule has 1 unspecified atom stereocenters. The minimum absolute atomic E-state index is 0.202. The zero-order valence-corrected chi connectivity index (χ0v) is 13.9. The highest BCUT2D eigenvalue weighted by Crippen LogP contribution is 2.14. The van der Waals surface area contributed by atoms with Crippen molar-refractivity contribution in [2.75, 3.05) is 26.8 Å². The summed E-state index contributed by atoms with van der Waals surface area (Å²) in [5.41, 5.74) is 0.676. The van der Waals surface area contributed by atoms with Crippen LogP contribution in [0.25, 0.3) is 10.9 Å². The van der Waals surface area contributed by atoms with Crippen LogP contribution in [0.4, 0.5) is 0 Å². The van der Waals surface area contributed by atoms with Gasteiger partial charge in [-0.25, -0.2) is 9.78 Å². The summed E-state index contributed by atoms with van der Waals surface area (Å²) in [4.78, 5) is 33.5. The first-order valence-corrected chi connectivity index (χ1v) is 8.06. The van der Waals surface area contributed by atoms with Crippen LogP contribution in [0.2, 0.25) is 0 Å². The normalized spacial score (nSPS) is 18.7. The zero-order valence-electron chi connectivity index (χ0n) is 13.9. The van der Waals surface area contributed by atoms with Gasteiger partial charge < -0.3 is 14.5 Å². The molecule has 1 aromatic heterocycles. The number of aromatic nitrogens is 2. The molecule has 1 aromatic carbocycles. The summed E-state index contributed by atoms with van der Waals surface area (Å²) >= 11 is 0. The van der Waals surface area contributed by atoms with Crippen LogP contribution < -0.4 is 5.56 Å². The van der Waals surface area contributed by atoms with Crippen molar-refractivity contribution in [3.8, 4) is 0 Å². The van der Waals surface area contributed by atoms with Crippen LogP contribution >= 0.6 is 0 Å². The number of hydrogen-bond acceptors (Lipinski definition) is 6. The van der Waals surface area contributed by atoms with Crippen molar-refractivity contribution in [3.05, 3.63) is 39.9 Å². The topological polar surface area (TPSA) is 84.5 Å². The molecule has 24 heavy (non-hydrogen) atoms. The predicted molar refractivity (Wildman–Crippen MR) is 89.0 cm³/mol. The number of carbonyl (C=O) groups excluding carboxylic acids is 1. The highest BCUT2D eigenvalue weighted by Gasteiger charge is 2.20. The predicted octanol–water partition coefficient (Wildman–Crippen LogP) is 1.32. The monoisotopic (exact) mass is 331 g/mol. The number of ether oxygens (including phenoxy) is 2. The number of benzene rings is 1. The van der Waals surface area contributed by atoms with E-state index in [1.165, 1.54) is 7.11 Å². The summed E-state index contributed by atoms with van der Waals surface area (Å²) in [6, 6.07) is 4.76. The fraction of sp³-hybridized carbons (Fsp3) is 0.471. The molecule has 1 N–H and O–H groups in total. The van der Waals surface area contributed by atoms with Crippen LogP contribution in [-0.2, 0) is 16.0 Å². The summed E-state index contributed by atoms with van der Waals surface area (Å²) in [5.74, 6) is 0.144. The van der Waals surface area contributed by atoms with Gasteiger partial charge in [-0.15, -0.1) is 0 Å². The summed E-state index contributed by atoms with van der Waals surface area (Å²) in [6.07, 6.45) is 1.18. The fourth-order valence-electron chi connectivity index (χ4n) is 2.89. The third-order valence-electron chi connectivity index (χ3n) is 4.23. The Bertz CT molecular complexity index is 802. The quantitative estimate of drug-likeness (QED) is 0.851. The lowest BCUT2D eigenvalue weighted by Gasteiger charge is -2.31. The van der Waals surface area contributed by atoms with Gasteiger partial charge in [0.15, 0.2) is 0 Å². The van der Waals surface area contributed by atoms with Gasteiger partial charge in [-0.2, -0.15) is 0 Å². The number of H-pyrrole nitrogens is 1. The summed E-state index contributed by atoms with van der Waals surface area (Å²) in [7, 11) is 1.33. The largest absolute Gasteiger partial charge is 0.465 e. The van der Waals surface area contributed by atoms with E-state index >= 15 is 0 Å². The maximum atomic E-state index is 12.3. The minimum atomic E-state index is -0.445. The number of rotatable bonds is 4. The smallest absolute Gasteiger partial charge is 0.337 e. The van der Waals surface area contributed by atoms with E-state index in [0.717, 1.165) is 19.5 Å².